The zero-order valence-electron chi connectivity index (χ0n) is 37.1. The zero-order chi connectivity index (χ0) is 45.8. The number of amides is 4. The van der Waals surface area contributed by atoms with E-state index in [0.717, 1.165) is 0 Å². The number of terminal acetylenes is 3. The summed E-state index contributed by atoms with van der Waals surface area (Å²) in [4.78, 5) is 67.4. The van der Waals surface area contributed by atoms with Crippen LogP contribution in [0.15, 0.2) is 0 Å². The molecule has 2 bridgehead atoms. The van der Waals surface area contributed by atoms with Crippen LogP contribution in [0.2, 0.25) is 0 Å². The molecule has 0 radical (unpaired) electrons. The smallest absolute Gasteiger partial charge is 0.226 e. The molecular formula is C44H70N4O13P-. The molecule has 4 N–H and O–H groups in total. The van der Waals surface area contributed by atoms with Gasteiger partial charge < -0.3 is 63.7 Å². The summed E-state index contributed by atoms with van der Waals surface area (Å²) < 4.78 is 51.1. The summed E-state index contributed by atoms with van der Waals surface area (Å²) in [5, 5.41) is 10.7. The molecule has 0 aromatic heterocycles. The average molecular weight is 894 g/mol. The lowest BCUT2D eigenvalue weighted by Crippen LogP contribution is -2.59. The molecule has 18 heteroatoms. The van der Waals surface area contributed by atoms with Crippen molar-refractivity contribution < 1.29 is 61.6 Å². The van der Waals surface area contributed by atoms with Crippen molar-refractivity contribution in [3.63, 3.8) is 0 Å². The minimum atomic E-state index is -4.22. The monoisotopic (exact) mass is 893 g/mol. The van der Waals surface area contributed by atoms with Gasteiger partial charge in [0.25, 0.3) is 0 Å². The molecule has 17 nitrogen and oxygen atoms in total. The molecular weight excluding hydrogens is 823 g/mol. The van der Waals surface area contributed by atoms with Gasteiger partial charge in [-0.2, -0.15) is 0 Å². The van der Waals surface area contributed by atoms with Gasteiger partial charge in [0, 0.05) is 55.0 Å². The molecule has 3 aliphatic rings. The highest BCUT2D eigenvalue weighted by atomic mass is 31.2. The topological polar surface area (TPSA) is 221 Å². The number of carbonyl (C=O) groups excluding carboxylic acids is 4. The van der Waals surface area contributed by atoms with Gasteiger partial charge >= 0.3 is 0 Å². The molecule has 0 aromatic carbocycles. The molecule has 4 amide bonds. The number of hydrogen-bond donors (Lipinski definition) is 4. The van der Waals surface area contributed by atoms with Crippen molar-refractivity contribution in [3.05, 3.63) is 0 Å². The second-order valence-electron chi connectivity index (χ2n) is 16.6. The summed E-state index contributed by atoms with van der Waals surface area (Å²) >= 11 is 0. The van der Waals surface area contributed by atoms with E-state index in [1.165, 1.54) is 0 Å². The number of nitrogens with one attached hydrogen (secondary N) is 4. The Morgan fingerprint density at radius 3 is 1.24 bits per heavy atom. The lowest BCUT2D eigenvalue weighted by Gasteiger charge is -2.55. The van der Waals surface area contributed by atoms with Crippen molar-refractivity contribution in [1.29, 1.82) is 0 Å². The highest BCUT2D eigenvalue weighted by molar-refractivity contribution is 7.53. The highest BCUT2D eigenvalue weighted by Gasteiger charge is 2.55. The van der Waals surface area contributed by atoms with Crippen molar-refractivity contribution in [3.8, 4) is 37.0 Å². The summed E-state index contributed by atoms with van der Waals surface area (Å²) in [6.07, 6.45) is 18.2. The minimum absolute atomic E-state index is 0.0183. The Balaban J connectivity index is 2.22. The van der Waals surface area contributed by atoms with E-state index in [-0.39, 0.29) is 121 Å². The molecule has 0 aliphatic heterocycles. The van der Waals surface area contributed by atoms with Gasteiger partial charge in [-0.3, -0.25) is 19.2 Å². The normalized spacial score (nSPS) is 19.3. The Bertz CT molecular complexity index is 1430. The van der Waals surface area contributed by atoms with Gasteiger partial charge in [0.1, 0.15) is 27.4 Å². The molecule has 0 saturated heterocycles. The number of fused-ring (bicyclic) bond motifs is 3. The Labute approximate surface area is 368 Å². The van der Waals surface area contributed by atoms with Crippen LogP contribution in [0.4, 0.5) is 0 Å². The van der Waals surface area contributed by atoms with Crippen LogP contribution < -0.4 is 26.2 Å². The maximum Gasteiger partial charge on any atom is 0.226 e. The molecule has 1 unspecified atom stereocenters. The van der Waals surface area contributed by atoms with E-state index in [2.05, 4.69) is 39.0 Å². The average Bonchev–Trinajstić information content (AvgIpc) is 3.24. The van der Waals surface area contributed by atoms with Gasteiger partial charge in [-0.1, -0.05) is 38.5 Å². The van der Waals surface area contributed by atoms with E-state index in [0.29, 0.717) is 78.2 Å². The molecule has 0 heterocycles. The molecule has 3 fully saturated rings. The number of carbonyl (C=O) groups is 4. The van der Waals surface area contributed by atoms with Crippen molar-refractivity contribution in [2.75, 3.05) is 98.9 Å². The number of rotatable bonds is 34. The largest absolute Gasteiger partial charge is 0.778 e. The van der Waals surface area contributed by atoms with Crippen LogP contribution >= 0.6 is 7.60 Å². The van der Waals surface area contributed by atoms with Crippen molar-refractivity contribution >= 4 is 31.2 Å². The molecule has 62 heavy (non-hydrogen) atoms. The van der Waals surface area contributed by atoms with Crippen LogP contribution in [0, 0.1) is 42.4 Å². The Morgan fingerprint density at radius 1 is 0.581 bits per heavy atom. The van der Waals surface area contributed by atoms with Crippen LogP contribution in [0.1, 0.15) is 97.8 Å². The summed E-state index contributed by atoms with van der Waals surface area (Å²) in [5.41, 5.74) is -2.84. The van der Waals surface area contributed by atoms with Crippen LogP contribution in [-0.2, 0) is 56.7 Å². The molecule has 3 aliphatic carbocycles. The minimum Gasteiger partial charge on any atom is -0.778 e. The standard InChI is InChI=1S/C44H71N4O13P/c1-7-25-55-31-34-58-28-22-45-37(49)10-13-43(14-11-38(50)46-23-29-59-35-32-56-26-8-2,15-12-39(51)47-24-30-60-36-33-57-27-9-3)48-40(52)42-16-19-44(20-17-42,21-18-42)61-62(53,54)41(4,5)6/h1-3H,10-36H2,4-6H3,(H,45,49)(H,46,50)(H,47,51)(H,48,52)(H,53,54)/p-1. The van der Waals surface area contributed by atoms with Gasteiger partial charge in [0.15, 0.2) is 0 Å². The highest BCUT2D eigenvalue weighted by Crippen LogP contribution is 2.62. The third-order valence-corrected chi connectivity index (χ3v) is 13.3. The van der Waals surface area contributed by atoms with E-state index in [1.54, 1.807) is 20.8 Å². The third kappa shape index (κ3) is 20.8. The summed E-state index contributed by atoms with van der Waals surface area (Å²) in [5.74, 6) is 5.98. The Morgan fingerprint density at radius 2 is 0.919 bits per heavy atom. The molecule has 0 aromatic rings. The van der Waals surface area contributed by atoms with Gasteiger partial charge in [0.2, 0.25) is 23.6 Å². The lowest BCUT2D eigenvalue weighted by molar-refractivity contribution is -0.223. The van der Waals surface area contributed by atoms with E-state index in [4.69, 9.17) is 52.2 Å². The molecule has 350 valence electrons. The SMILES string of the molecule is C#CCOCCOCCNC(=O)CCC(CCC(=O)NCCOCCOCC#C)(CCC(=O)NCCOCCOCC#C)NC(=O)C12CCC(OP(=O)([O-])C(C)(C)C)(CC1)CC2. The first-order valence-electron chi connectivity index (χ1n) is 21.5. The maximum atomic E-state index is 14.6. The third-order valence-electron chi connectivity index (χ3n) is 11.0. The predicted octanol–water partition coefficient (Wildman–Crippen LogP) is 1.99. The summed E-state index contributed by atoms with van der Waals surface area (Å²) in [6, 6.07) is 0. The van der Waals surface area contributed by atoms with E-state index in [1.807, 2.05) is 0 Å². The Hall–Kier alpha value is -3.53. The van der Waals surface area contributed by atoms with Crippen LogP contribution in [-0.4, -0.2) is 139 Å². The van der Waals surface area contributed by atoms with Crippen molar-refractivity contribution in [1.82, 2.24) is 21.3 Å². The number of ether oxygens (including phenoxy) is 6. The Kier molecular flexibility index (Phi) is 25.6. The van der Waals surface area contributed by atoms with E-state index >= 15 is 0 Å². The second kappa shape index (κ2) is 29.0. The first kappa shape index (κ1) is 54.6. The predicted molar refractivity (Wildman–Crippen MR) is 230 cm³/mol. The molecule has 1 atom stereocenters. The van der Waals surface area contributed by atoms with Crippen LogP contribution in [0.5, 0.6) is 0 Å². The van der Waals surface area contributed by atoms with Gasteiger partial charge in [-0.25, -0.2) is 0 Å². The van der Waals surface area contributed by atoms with Gasteiger partial charge in [0.05, 0.1) is 65.1 Å². The fourth-order valence-corrected chi connectivity index (χ4v) is 8.18. The molecule has 0 spiro atoms. The number of hydrogen-bond acceptors (Lipinski definition) is 13. The first-order valence-corrected chi connectivity index (χ1v) is 23.0. The molecule has 3 rings (SSSR count). The summed E-state index contributed by atoms with van der Waals surface area (Å²) in [7, 11) is -4.22. The summed E-state index contributed by atoms with van der Waals surface area (Å²) in [6.45, 7) is 8.62. The maximum absolute atomic E-state index is 14.6. The van der Waals surface area contributed by atoms with Crippen LogP contribution in [0.25, 0.3) is 0 Å². The lowest BCUT2D eigenvalue weighted by atomic mass is 9.58. The second-order valence-corrected chi connectivity index (χ2v) is 19.1. The van der Waals surface area contributed by atoms with E-state index < -0.39 is 29.3 Å². The fourth-order valence-electron chi connectivity index (χ4n) is 7.12. The van der Waals surface area contributed by atoms with Crippen molar-refractivity contribution in [2.45, 2.75) is 114 Å². The first-order chi connectivity index (χ1) is 29.6. The van der Waals surface area contributed by atoms with Gasteiger partial charge in [-0.15, -0.1) is 19.3 Å². The van der Waals surface area contributed by atoms with Crippen LogP contribution in [0.3, 0.4) is 0 Å². The van der Waals surface area contributed by atoms with E-state index in [9.17, 15) is 28.6 Å². The quantitative estimate of drug-likeness (QED) is 0.0413. The van der Waals surface area contributed by atoms with Gasteiger partial charge in [-0.05, 0) is 57.8 Å². The zero-order valence-corrected chi connectivity index (χ0v) is 38.0. The fraction of sp³-hybridized carbons (Fsp3) is 0.773. The molecule has 3 saturated carbocycles. The van der Waals surface area contributed by atoms with Crippen molar-refractivity contribution in [2.24, 2.45) is 5.41 Å².